The largest absolute Gasteiger partial charge is 0.369 e. The molecule has 0 atom stereocenters. The highest BCUT2D eigenvalue weighted by Gasteiger charge is 2.02. The Hall–Kier alpha value is -2.23. The van der Waals surface area contributed by atoms with Gasteiger partial charge < -0.3 is 5.73 Å². The summed E-state index contributed by atoms with van der Waals surface area (Å²) in [6.45, 7) is 0. The van der Waals surface area contributed by atoms with Gasteiger partial charge in [0.15, 0.2) is 0 Å². The number of nitrogens with zero attached hydrogens (tertiary/aromatic N) is 2. The summed E-state index contributed by atoms with van der Waals surface area (Å²) in [6, 6.07) is 7.40. The number of nitrogens with two attached hydrogens (primary N) is 1. The van der Waals surface area contributed by atoms with Crippen molar-refractivity contribution in [1.82, 2.24) is 9.97 Å². The highest BCUT2D eigenvalue weighted by Crippen LogP contribution is 2.17. The lowest BCUT2D eigenvalue weighted by atomic mass is 10.1. The van der Waals surface area contributed by atoms with Crippen molar-refractivity contribution in [2.75, 3.05) is 0 Å². The van der Waals surface area contributed by atoms with Crippen LogP contribution in [0.15, 0.2) is 42.9 Å². The highest BCUT2D eigenvalue weighted by molar-refractivity contribution is 5.87. The summed E-state index contributed by atoms with van der Waals surface area (Å²) < 4.78 is 0. The first-order valence-electron chi connectivity index (χ1n) is 4.76. The molecule has 0 spiro atoms. The van der Waals surface area contributed by atoms with Crippen molar-refractivity contribution in [3.63, 3.8) is 0 Å². The SMILES string of the molecule is NC(=O)[CH]c1cccc(-c2cnccn2)c1. The summed E-state index contributed by atoms with van der Waals surface area (Å²) in [5.74, 6) is -0.462. The minimum Gasteiger partial charge on any atom is -0.369 e. The predicted octanol–water partition coefficient (Wildman–Crippen LogP) is 1.18. The number of amides is 1. The maximum Gasteiger partial charge on any atom is 0.226 e. The van der Waals surface area contributed by atoms with Gasteiger partial charge >= 0.3 is 0 Å². The quantitative estimate of drug-likeness (QED) is 0.830. The van der Waals surface area contributed by atoms with Gasteiger partial charge in [0.25, 0.3) is 0 Å². The van der Waals surface area contributed by atoms with Crippen LogP contribution in [-0.2, 0) is 4.79 Å². The first-order valence-corrected chi connectivity index (χ1v) is 4.76. The van der Waals surface area contributed by atoms with Crippen molar-refractivity contribution in [2.45, 2.75) is 0 Å². The Bertz CT molecular complexity index is 497. The van der Waals surface area contributed by atoms with Crippen LogP contribution in [-0.4, -0.2) is 15.9 Å². The van der Waals surface area contributed by atoms with Crippen molar-refractivity contribution in [2.24, 2.45) is 5.73 Å². The van der Waals surface area contributed by atoms with Crippen LogP contribution in [0.25, 0.3) is 11.3 Å². The number of rotatable bonds is 3. The van der Waals surface area contributed by atoms with Crippen molar-refractivity contribution in [3.8, 4) is 11.3 Å². The molecule has 2 N–H and O–H groups in total. The van der Waals surface area contributed by atoms with Crippen LogP contribution >= 0.6 is 0 Å². The molecule has 0 unspecified atom stereocenters. The first-order chi connectivity index (χ1) is 7.75. The molecule has 0 saturated carbocycles. The van der Waals surface area contributed by atoms with E-state index >= 15 is 0 Å². The molecule has 0 aliphatic rings. The first kappa shape index (κ1) is 10.3. The molecule has 0 saturated heterocycles. The Labute approximate surface area is 93.2 Å². The third-order valence-electron chi connectivity index (χ3n) is 2.05. The molecule has 4 nitrogen and oxygen atoms in total. The predicted molar refractivity (Wildman–Crippen MR) is 60.1 cm³/mol. The fourth-order valence-corrected chi connectivity index (χ4v) is 1.40. The molecule has 0 bridgehead atoms. The summed E-state index contributed by atoms with van der Waals surface area (Å²) in [4.78, 5) is 18.9. The van der Waals surface area contributed by atoms with Gasteiger partial charge in [-0.1, -0.05) is 18.2 Å². The third-order valence-corrected chi connectivity index (χ3v) is 2.05. The molecular formula is C12H10N3O. The van der Waals surface area contributed by atoms with Gasteiger partial charge in [-0.3, -0.25) is 14.8 Å². The van der Waals surface area contributed by atoms with E-state index in [1.54, 1.807) is 18.6 Å². The number of carbonyl (C=O) groups excluding carboxylic acids is 1. The Balaban J connectivity index is 2.33. The molecule has 0 fully saturated rings. The molecule has 16 heavy (non-hydrogen) atoms. The fourth-order valence-electron chi connectivity index (χ4n) is 1.40. The molecule has 0 aliphatic heterocycles. The highest BCUT2D eigenvalue weighted by atomic mass is 16.1. The van der Waals surface area contributed by atoms with Crippen LogP contribution in [0.1, 0.15) is 5.56 Å². The zero-order valence-corrected chi connectivity index (χ0v) is 8.50. The van der Waals surface area contributed by atoms with Crippen molar-refractivity contribution in [3.05, 3.63) is 54.8 Å². The molecule has 4 heteroatoms. The van der Waals surface area contributed by atoms with E-state index in [9.17, 15) is 4.79 Å². The van der Waals surface area contributed by atoms with E-state index < -0.39 is 5.91 Å². The Morgan fingerprint density at radius 3 is 2.88 bits per heavy atom. The Morgan fingerprint density at radius 1 is 1.31 bits per heavy atom. The summed E-state index contributed by atoms with van der Waals surface area (Å²) in [6.07, 6.45) is 6.28. The second-order valence-electron chi connectivity index (χ2n) is 3.26. The van der Waals surface area contributed by atoms with Crippen LogP contribution in [0, 0.1) is 6.42 Å². The summed E-state index contributed by atoms with van der Waals surface area (Å²) in [5, 5.41) is 0. The molecule has 1 radical (unpaired) electrons. The normalized spacial score (nSPS) is 10.0. The van der Waals surface area contributed by atoms with Crippen molar-refractivity contribution < 1.29 is 4.79 Å². The lowest BCUT2D eigenvalue weighted by molar-refractivity contribution is -0.114. The average molecular weight is 212 g/mol. The minimum atomic E-state index is -0.462. The smallest absolute Gasteiger partial charge is 0.226 e. The second kappa shape index (κ2) is 4.53. The number of primary amides is 1. The molecule has 1 aromatic heterocycles. The number of hydrogen-bond donors (Lipinski definition) is 1. The number of aromatic nitrogens is 2. The fraction of sp³-hybridized carbons (Fsp3) is 0. The number of carbonyl (C=O) groups is 1. The zero-order valence-electron chi connectivity index (χ0n) is 8.50. The van der Waals surface area contributed by atoms with Crippen LogP contribution < -0.4 is 5.73 Å². The number of hydrogen-bond acceptors (Lipinski definition) is 3. The molecule has 0 aliphatic carbocycles. The van der Waals surface area contributed by atoms with E-state index in [-0.39, 0.29) is 0 Å². The molecule has 1 amide bonds. The van der Waals surface area contributed by atoms with Gasteiger partial charge in [0.2, 0.25) is 5.91 Å². The van der Waals surface area contributed by atoms with Gasteiger partial charge in [-0.2, -0.15) is 0 Å². The van der Waals surface area contributed by atoms with E-state index in [0.717, 1.165) is 16.8 Å². The second-order valence-corrected chi connectivity index (χ2v) is 3.26. The monoisotopic (exact) mass is 212 g/mol. The third kappa shape index (κ3) is 2.42. The van der Waals surface area contributed by atoms with E-state index in [4.69, 9.17) is 5.73 Å². The van der Waals surface area contributed by atoms with Gasteiger partial charge in [-0.25, -0.2) is 0 Å². The van der Waals surface area contributed by atoms with Crippen molar-refractivity contribution >= 4 is 5.91 Å². The van der Waals surface area contributed by atoms with E-state index in [0.29, 0.717) is 0 Å². The van der Waals surface area contributed by atoms with Gasteiger partial charge in [-0.15, -0.1) is 0 Å². The summed E-state index contributed by atoms with van der Waals surface area (Å²) in [7, 11) is 0. The average Bonchev–Trinajstić information content (AvgIpc) is 2.30. The lowest BCUT2D eigenvalue weighted by Crippen LogP contribution is -2.11. The van der Waals surface area contributed by atoms with Crippen LogP contribution in [0.3, 0.4) is 0 Å². The van der Waals surface area contributed by atoms with Crippen LogP contribution in [0.2, 0.25) is 0 Å². The van der Waals surface area contributed by atoms with E-state index in [1.807, 2.05) is 24.3 Å². The lowest BCUT2D eigenvalue weighted by Gasteiger charge is -2.02. The number of benzene rings is 1. The Morgan fingerprint density at radius 2 is 2.19 bits per heavy atom. The van der Waals surface area contributed by atoms with Gasteiger partial charge in [0.05, 0.1) is 18.3 Å². The topological polar surface area (TPSA) is 68.9 Å². The van der Waals surface area contributed by atoms with E-state index in [1.165, 1.54) is 6.42 Å². The standard InChI is InChI=1S/C12H10N3O/c13-12(16)7-9-2-1-3-10(6-9)11-8-14-4-5-15-11/h1-8H,(H2,13,16). The maximum atomic E-state index is 10.8. The molecular weight excluding hydrogens is 202 g/mol. The van der Waals surface area contributed by atoms with Gasteiger partial charge in [-0.05, 0) is 11.6 Å². The summed E-state index contributed by atoms with van der Waals surface area (Å²) in [5.41, 5.74) is 7.52. The Kier molecular flexibility index (Phi) is 2.91. The minimum absolute atomic E-state index is 0.462. The molecule has 1 aromatic carbocycles. The zero-order chi connectivity index (χ0) is 11.4. The van der Waals surface area contributed by atoms with E-state index in [2.05, 4.69) is 9.97 Å². The van der Waals surface area contributed by atoms with Crippen LogP contribution in [0.5, 0.6) is 0 Å². The molecule has 1 heterocycles. The summed E-state index contributed by atoms with van der Waals surface area (Å²) >= 11 is 0. The molecule has 2 rings (SSSR count). The molecule has 2 aromatic rings. The van der Waals surface area contributed by atoms with Gasteiger partial charge in [0, 0.05) is 18.0 Å². The molecule has 79 valence electrons. The van der Waals surface area contributed by atoms with Crippen LogP contribution in [0.4, 0.5) is 0 Å². The van der Waals surface area contributed by atoms with Crippen molar-refractivity contribution in [1.29, 1.82) is 0 Å². The maximum absolute atomic E-state index is 10.8. The van der Waals surface area contributed by atoms with Gasteiger partial charge in [0.1, 0.15) is 0 Å².